The summed E-state index contributed by atoms with van der Waals surface area (Å²) < 4.78 is 69.2. The molecule has 0 amide bonds. The number of alkyl halides is 3. The Labute approximate surface area is 189 Å². The molecule has 5 nitrogen and oxygen atoms in total. The van der Waals surface area contributed by atoms with Gasteiger partial charge in [-0.05, 0) is 106 Å². The second-order valence-electron chi connectivity index (χ2n) is 5.70. The first-order valence-corrected chi connectivity index (χ1v) is 12.1. The van der Waals surface area contributed by atoms with Gasteiger partial charge in [-0.2, -0.15) is 13.2 Å². The summed E-state index contributed by atoms with van der Waals surface area (Å²) in [7, 11) is -5.36. The molecule has 1 aliphatic carbocycles. The third kappa shape index (κ3) is 5.79. The van der Waals surface area contributed by atoms with Crippen LogP contribution < -0.4 is 4.72 Å². The Morgan fingerprint density at radius 1 is 1.12 bits per heavy atom. The van der Waals surface area contributed by atoms with Crippen molar-refractivity contribution in [1.82, 2.24) is 4.72 Å². The first kappa shape index (κ1) is 22.9. The average molecular weight is 729 g/mol. The van der Waals surface area contributed by atoms with Crippen LogP contribution in [0.5, 0.6) is 0 Å². The highest BCUT2D eigenvalue weighted by molar-refractivity contribution is 14.1. The van der Waals surface area contributed by atoms with Crippen LogP contribution in [-0.2, 0) is 14.8 Å². The molecule has 1 N–H and O–H groups in total. The summed E-state index contributed by atoms with van der Waals surface area (Å²) in [6, 6.07) is 2.84. The van der Waals surface area contributed by atoms with E-state index in [2.05, 4.69) is 67.8 Å². The van der Waals surface area contributed by atoms with Gasteiger partial charge in [0.05, 0.1) is 5.56 Å². The normalized spacial score (nSPS) is 21.5. The van der Waals surface area contributed by atoms with Gasteiger partial charge in [0.15, 0.2) is 0 Å². The smallest absolute Gasteiger partial charge is 0.459 e. The molecule has 146 valence electrons. The van der Waals surface area contributed by atoms with E-state index in [1.54, 1.807) is 10.8 Å². The Kier molecular flexibility index (Phi) is 7.86. The van der Waals surface area contributed by atoms with E-state index >= 15 is 0 Å². The molecule has 26 heavy (non-hydrogen) atoms. The SMILES string of the molecule is O=C(OC1CCC(NS(=O)(=O)C(F)(F)F)CC1)c1cc(I)cc(I)c1I. The molecule has 0 atom stereocenters. The van der Waals surface area contributed by atoms with E-state index in [-0.39, 0.29) is 12.8 Å². The summed E-state index contributed by atoms with van der Waals surface area (Å²) in [4.78, 5) is 12.4. The molecule has 1 aromatic rings. The van der Waals surface area contributed by atoms with Crippen LogP contribution in [0.25, 0.3) is 0 Å². The molecule has 1 saturated carbocycles. The van der Waals surface area contributed by atoms with Crippen LogP contribution in [0, 0.1) is 10.7 Å². The standard InChI is InChI=1S/C14H13F3I3NO4S/c15-14(16,17)26(23,24)21-8-1-3-9(4-2-8)25-13(22)10-5-7(18)6-11(19)12(10)20/h5-6,8-9,21H,1-4H2. The minimum atomic E-state index is -5.36. The number of carbonyl (C=O) groups excluding carboxylic acids is 1. The van der Waals surface area contributed by atoms with Crippen LogP contribution >= 0.6 is 67.8 Å². The molecule has 0 radical (unpaired) electrons. The summed E-state index contributed by atoms with van der Waals surface area (Å²) in [6.45, 7) is 0. The van der Waals surface area contributed by atoms with Crippen LogP contribution in [0.4, 0.5) is 13.2 Å². The van der Waals surface area contributed by atoms with Gasteiger partial charge >= 0.3 is 21.5 Å². The Morgan fingerprint density at radius 3 is 2.23 bits per heavy atom. The van der Waals surface area contributed by atoms with Crippen molar-refractivity contribution in [3.63, 3.8) is 0 Å². The molecule has 1 aromatic carbocycles. The number of benzene rings is 1. The van der Waals surface area contributed by atoms with E-state index in [4.69, 9.17) is 4.74 Å². The van der Waals surface area contributed by atoms with Gasteiger partial charge < -0.3 is 4.74 Å². The lowest BCUT2D eigenvalue weighted by Gasteiger charge is -2.29. The van der Waals surface area contributed by atoms with Crippen molar-refractivity contribution in [3.8, 4) is 0 Å². The molecule has 0 bridgehead atoms. The van der Waals surface area contributed by atoms with Crippen molar-refractivity contribution in [2.24, 2.45) is 0 Å². The largest absolute Gasteiger partial charge is 0.511 e. The summed E-state index contributed by atoms with van der Waals surface area (Å²) in [6.07, 6.45) is 0.506. The van der Waals surface area contributed by atoms with Gasteiger partial charge in [-0.1, -0.05) is 0 Å². The number of nitrogens with one attached hydrogen (secondary N) is 1. The van der Waals surface area contributed by atoms with E-state index in [0.717, 1.165) is 10.7 Å². The second-order valence-corrected chi connectivity index (χ2v) is 10.9. The number of hydrogen-bond acceptors (Lipinski definition) is 4. The van der Waals surface area contributed by atoms with Crippen LogP contribution in [0.15, 0.2) is 12.1 Å². The Hall–Kier alpha value is 0.580. The fraction of sp³-hybridized carbons (Fsp3) is 0.500. The highest BCUT2D eigenvalue weighted by Gasteiger charge is 2.47. The predicted molar refractivity (Wildman–Crippen MR) is 114 cm³/mol. The van der Waals surface area contributed by atoms with Crippen LogP contribution in [-0.4, -0.2) is 32.0 Å². The van der Waals surface area contributed by atoms with Crippen molar-refractivity contribution in [3.05, 3.63) is 28.4 Å². The minimum absolute atomic E-state index is 0.175. The Balaban J connectivity index is 1.94. The monoisotopic (exact) mass is 729 g/mol. The lowest BCUT2D eigenvalue weighted by Crippen LogP contribution is -2.45. The lowest BCUT2D eigenvalue weighted by molar-refractivity contribution is -0.0453. The van der Waals surface area contributed by atoms with E-state index < -0.39 is 33.6 Å². The van der Waals surface area contributed by atoms with Gasteiger partial charge in [0.25, 0.3) is 0 Å². The molecule has 0 heterocycles. The quantitative estimate of drug-likeness (QED) is 0.284. The zero-order valence-corrected chi connectivity index (χ0v) is 20.2. The number of rotatable bonds is 4. The molecule has 1 fully saturated rings. The molecule has 0 unspecified atom stereocenters. The van der Waals surface area contributed by atoms with Crippen LogP contribution in [0.1, 0.15) is 36.0 Å². The first-order chi connectivity index (χ1) is 11.9. The highest BCUT2D eigenvalue weighted by Crippen LogP contribution is 2.28. The van der Waals surface area contributed by atoms with Crippen molar-refractivity contribution in [2.75, 3.05) is 0 Å². The molecular formula is C14H13F3I3NO4S. The third-order valence-corrected chi connectivity index (χ3v) is 8.71. The van der Waals surface area contributed by atoms with Gasteiger partial charge in [-0.3, -0.25) is 0 Å². The summed E-state index contributed by atoms with van der Waals surface area (Å²) in [5, 5.41) is 0. The summed E-state index contributed by atoms with van der Waals surface area (Å²) in [5.41, 5.74) is -4.88. The number of carbonyl (C=O) groups is 1. The molecule has 0 saturated heterocycles. The van der Waals surface area contributed by atoms with Crippen molar-refractivity contribution >= 4 is 83.8 Å². The summed E-state index contributed by atoms with van der Waals surface area (Å²) >= 11 is 6.29. The van der Waals surface area contributed by atoms with Gasteiger partial charge in [0.1, 0.15) is 6.10 Å². The highest BCUT2D eigenvalue weighted by atomic mass is 127. The maximum absolute atomic E-state index is 12.4. The van der Waals surface area contributed by atoms with Crippen LogP contribution in [0.3, 0.4) is 0 Å². The van der Waals surface area contributed by atoms with Gasteiger partial charge in [-0.25, -0.2) is 17.9 Å². The molecule has 0 spiro atoms. The van der Waals surface area contributed by atoms with E-state index in [9.17, 15) is 26.4 Å². The molecule has 12 heteroatoms. The lowest BCUT2D eigenvalue weighted by atomic mass is 9.93. The van der Waals surface area contributed by atoms with Crippen molar-refractivity contribution in [2.45, 2.75) is 43.3 Å². The van der Waals surface area contributed by atoms with Gasteiger partial charge in [-0.15, -0.1) is 0 Å². The molecular weight excluding hydrogens is 716 g/mol. The fourth-order valence-corrected chi connectivity index (χ4v) is 5.69. The minimum Gasteiger partial charge on any atom is -0.459 e. The maximum Gasteiger partial charge on any atom is 0.511 e. The van der Waals surface area contributed by atoms with Crippen LogP contribution in [0.2, 0.25) is 0 Å². The van der Waals surface area contributed by atoms with Crippen molar-refractivity contribution < 1.29 is 31.1 Å². The Morgan fingerprint density at radius 2 is 1.69 bits per heavy atom. The van der Waals surface area contributed by atoms with Gasteiger partial charge in [0.2, 0.25) is 0 Å². The van der Waals surface area contributed by atoms with E-state index in [1.165, 1.54) is 0 Å². The van der Waals surface area contributed by atoms with Gasteiger partial charge in [0, 0.05) is 16.8 Å². The number of halogens is 6. The number of hydrogen-bond donors (Lipinski definition) is 1. The zero-order valence-electron chi connectivity index (χ0n) is 12.9. The molecule has 0 aliphatic heterocycles. The number of esters is 1. The second kappa shape index (κ2) is 8.94. The molecule has 1 aliphatic rings. The first-order valence-electron chi connectivity index (χ1n) is 7.35. The molecule has 2 rings (SSSR count). The van der Waals surface area contributed by atoms with Crippen molar-refractivity contribution in [1.29, 1.82) is 0 Å². The third-order valence-electron chi connectivity index (χ3n) is 3.79. The fourth-order valence-electron chi connectivity index (χ4n) is 2.50. The zero-order chi connectivity index (χ0) is 19.7. The maximum atomic E-state index is 12.4. The number of sulfonamides is 1. The topological polar surface area (TPSA) is 72.5 Å². The predicted octanol–water partition coefficient (Wildman–Crippen LogP) is 4.41. The average Bonchev–Trinajstić information content (AvgIpc) is 2.51. The van der Waals surface area contributed by atoms with E-state index in [1.807, 2.05) is 6.07 Å². The molecule has 0 aromatic heterocycles. The van der Waals surface area contributed by atoms with E-state index in [0.29, 0.717) is 18.4 Å². The Bertz CT molecular complexity index is 793. The number of ether oxygens (including phenoxy) is 1. The summed E-state index contributed by atoms with van der Waals surface area (Å²) in [5.74, 6) is -0.481.